The van der Waals surface area contributed by atoms with Gasteiger partial charge in [0.15, 0.2) is 5.78 Å². The van der Waals surface area contributed by atoms with Crippen molar-refractivity contribution in [3.05, 3.63) is 28.0 Å². The summed E-state index contributed by atoms with van der Waals surface area (Å²) in [5.74, 6) is 0.253. The molecular weight excluding hydrogens is 209 g/mol. The summed E-state index contributed by atoms with van der Waals surface area (Å²) in [6, 6.07) is 1.53. The summed E-state index contributed by atoms with van der Waals surface area (Å²) >= 11 is 11.4. The fourth-order valence-corrected chi connectivity index (χ4v) is 1.36. The largest absolute Gasteiger partial charge is 0.292 e. The average Bonchev–Trinajstić information content (AvgIpc) is 2.91. The highest BCUT2D eigenvalue weighted by Crippen LogP contribution is 2.33. The van der Waals surface area contributed by atoms with Gasteiger partial charge in [0, 0.05) is 12.1 Å². The molecule has 0 aliphatic heterocycles. The van der Waals surface area contributed by atoms with Crippen molar-refractivity contribution in [1.29, 1.82) is 0 Å². The van der Waals surface area contributed by atoms with Gasteiger partial charge in [-0.3, -0.25) is 9.78 Å². The van der Waals surface area contributed by atoms with Crippen LogP contribution in [0.25, 0.3) is 0 Å². The zero-order valence-corrected chi connectivity index (χ0v) is 8.27. The Morgan fingerprint density at radius 2 is 2.08 bits per heavy atom. The number of ketones is 1. The van der Waals surface area contributed by atoms with E-state index in [2.05, 4.69) is 4.98 Å². The molecule has 1 fully saturated rings. The fraction of sp³-hybridized carbons (Fsp3) is 0.333. The molecule has 1 saturated carbocycles. The standard InChI is InChI=1S/C9H7Cl2NO/c10-6-3-8(12-4-7(6)11)9(13)5-1-2-5/h3-5H,1-2H2. The van der Waals surface area contributed by atoms with Crippen LogP contribution in [0.5, 0.6) is 0 Å². The summed E-state index contributed by atoms with van der Waals surface area (Å²) in [6.45, 7) is 0. The van der Waals surface area contributed by atoms with Crippen molar-refractivity contribution >= 4 is 29.0 Å². The molecule has 1 aliphatic rings. The van der Waals surface area contributed by atoms with Gasteiger partial charge in [0.2, 0.25) is 0 Å². The molecule has 1 aliphatic carbocycles. The van der Waals surface area contributed by atoms with Gasteiger partial charge in [-0.2, -0.15) is 0 Å². The van der Waals surface area contributed by atoms with E-state index in [0.717, 1.165) is 12.8 Å². The molecule has 0 spiro atoms. The molecule has 1 aromatic rings. The van der Waals surface area contributed by atoms with E-state index in [-0.39, 0.29) is 11.7 Å². The predicted molar refractivity (Wildman–Crippen MR) is 51.3 cm³/mol. The Morgan fingerprint density at radius 3 is 2.62 bits per heavy atom. The lowest BCUT2D eigenvalue weighted by Crippen LogP contribution is -2.03. The molecule has 0 aromatic carbocycles. The highest BCUT2D eigenvalue weighted by atomic mass is 35.5. The van der Waals surface area contributed by atoms with Crippen molar-refractivity contribution in [2.75, 3.05) is 0 Å². The van der Waals surface area contributed by atoms with E-state index in [9.17, 15) is 4.79 Å². The number of rotatable bonds is 2. The first-order chi connectivity index (χ1) is 6.18. The van der Waals surface area contributed by atoms with Crippen molar-refractivity contribution in [3.8, 4) is 0 Å². The highest BCUT2D eigenvalue weighted by molar-refractivity contribution is 6.42. The van der Waals surface area contributed by atoms with Crippen molar-refractivity contribution in [3.63, 3.8) is 0 Å². The topological polar surface area (TPSA) is 30.0 Å². The maximum atomic E-state index is 11.5. The van der Waals surface area contributed by atoms with Crippen molar-refractivity contribution in [2.24, 2.45) is 5.92 Å². The van der Waals surface area contributed by atoms with Crippen LogP contribution in [0.15, 0.2) is 12.3 Å². The third-order valence-corrected chi connectivity index (χ3v) is 2.72. The summed E-state index contributed by atoms with van der Waals surface area (Å²) in [5, 5.41) is 0.773. The van der Waals surface area contributed by atoms with Crippen molar-refractivity contribution in [1.82, 2.24) is 4.98 Å². The maximum Gasteiger partial charge on any atom is 0.184 e. The van der Waals surface area contributed by atoms with E-state index in [1.165, 1.54) is 12.3 Å². The van der Waals surface area contributed by atoms with Crippen LogP contribution < -0.4 is 0 Å². The Kier molecular flexibility index (Phi) is 2.26. The zero-order chi connectivity index (χ0) is 9.42. The van der Waals surface area contributed by atoms with Crippen molar-refractivity contribution < 1.29 is 4.79 Å². The molecule has 13 heavy (non-hydrogen) atoms. The molecule has 2 nitrogen and oxygen atoms in total. The number of Topliss-reactive ketones (excluding diaryl/α,β-unsaturated/α-hetero) is 1. The van der Waals surface area contributed by atoms with E-state index >= 15 is 0 Å². The van der Waals surface area contributed by atoms with Gasteiger partial charge in [0.1, 0.15) is 5.69 Å². The minimum atomic E-state index is 0.0820. The number of aromatic nitrogens is 1. The Morgan fingerprint density at radius 1 is 1.38 bits per heavy atom. The second-order valence-electron chi connectivity index (χ2n) is 3.12. The molecule has 1 aromatic heterocycles. The molecule has 0 atom stereocenters. The minimum absolute atomic E-state index is 0.0820. The predicted octanol–water partition coefficient (Wildman–Crippen LogP) is 2.98. The van der Waals surface area contributed by atoms with E-state index in [1.54, 1.807) is 0 Å². The molecule has 0 unspecified atom stereocenters. The Bertz CT molecular complexity index is 361. The maximum absolute atomic E-state index is 11.5. The van der Waals surface area contributed by atoms with Crippen LogP contribution in [-0.4, -0.2) is 10.8 Å². The smallest absolute Gasteiger partial charge is 0.184 e. The second-order valence-corrected chi connectivity index (χ2v) is 3.94. The molecule has 0 bridgehead atoms. The SMILES string of the molecule is O=C(c1cc(Cl)c(Cl)cn1)C1CC1. The Hall–Kier alpha value is -0.600. The quantitative estimate of drug-likeness (QED) is 0.711. The van der Waals surface area contributed by atoms with Crippen LogP contribution in [0, 0.1) is 5.92 Å². The van der Waals surface area contributed by atoms with Gasteiger partial charge >= 0.3 is 0 Å². The Balaban J connectivity index is 2.30. The lowest BCUT2D eigenvalue weighted by atomic mass is 10.2. The number of halogens is 2. The van der Waals surface area contributed by atoms with E-state index < -0.39 is 0 Å². The molecule has 1 heterocycles. The third kappa shape index (κ3) is 1.84. The Labute approximate surface area is 85.9 Å². The molecule has 0 radical (unpaired) electrons. The molecule has 4 heteroatoms. The monoisotopic (exact) mass is 215 g/mol. The number of hydrogen-bond donors (Lipinski definition) is 0. The van der Waals surface area contributed by atoms with Gasteiger partial charge in [-0.15, -0.1) is 0 Å². The van der Waals surface area contributed by atoms with Gasteiger partial charge < -0.3 is 0 Å². The lowest BCUT2D eigenvalue weighted by molar-refractivity contribution is 0.0963. The molecule has 2 rings (SSSR count). The van der Waals surface area contributed by atoms with Gasteiger partial charge in [-0.05, 0) is 18.9 Å². The summed E-state index contributed by atoms with van der Waals surface area (Å²) < 4.78 is 0. The molecule has 0 N–H and O–H groups in total. The number of pyridine rings is 1. The zero-order valence-electron chi connectivity index (χ0n) is 6.76. The molecular formula is C9H7Cl2NO. The van der Waals surface area contributed by atoms with Crippen LogP contribution in [0.2, 0.25) is 10.0 Å². The van der Waals surface area contributed by atoms with Crippen LogP contribution >= 0.6 is 23.2 Å². The summed E-state index contributed by atoms with van der Waals surface area (Å²) in [7, 11) is 0. The first-order valence-electron chi connectivity index (χ1n) is 4.04. The second kappa shape index (κ2) is 3.28. The van der Waals surface area contributed by atoms with E-state index in [0.29, 0.717) is 15.7 Å². The lowest BCUT2D eigenvalue weighted by Gasteiger charge is -1.99. The van der Waals surface area contributed by atoms with E-state index in [1.807, 2.05) is 0 Å². The molecule has 68 valence electrons. The van der Waals surface area contributed by atoms with Crippen LogP contribution in [-0.2, 0) is 0 Å². The number of carbonyl (C=O) groups is 1. The number of hydrogen-bond acceptors (Lipinski definition) is 2. The third-order valence-electron chi connectivity index (χ3n) is 2.01. The number of nitrogens with zero attached hydrogens (tertiary/aromatic N) is 1. The first-order valence-corrected chi connectivity index (χ1v) is 4.79. The minimum Gasteiger partial charge on any atom is -0.292 e. The van der Waals surface area contributed by atoms with Gasteiger partial charge in [-0.25, -0.2) is 0 Å². The summed E-state index contributed by atoms with van der Waals surface area (Å²) in [4.78, 5) is 15.4. The van der Waals surface area contributed by atoms with Crippen LogP contribution in [0.4, 0.5) is 0 Å². The molecule has 0 saturated heterocycles. The van der Waals surface area contributed by atoms with Gasteiger partial charge in [0.25, 0.3) is 0 Å². The average molecular weight is 216 g/mol. The number of carbonyl (C=O) groups excluding carboxylic acids is 1. The van der Waals surface area contributed by atoms with Gasteiger partial charge in [-0.1, -0.05) is 23.2 Å². The normalized spacial score (nSPS) is 15.8. The van der Waals surface area contributed by atoms with Crippen LogP contribution in [0.1, 0.15) is 23.3 Å². The van der Waals surface area contributed by atoms with E-state index in [4.69, 9.17) is 23.2 Å². The summed E-state index contributed by atoms with van der Waals surface area (Å²) in [5.41, 5.74) is 0.428. The fourth-order valence-electron chi connectivity index (χ4n) is 1.10. The van der Waals surface area contributed by atoms with Crippen LogP contribution in [0.3, 0.4) is 0 Å². The first kappa shape index (κ1) is 8.97. The molecule has 0 amide bonds. The van der Waals surface area contributed by atoms with Crippen molar-refractivity contribution in [2.45, 2.75) is 12.8 Å². The highest BCUT2D eigenvalue weighted by Gasteiger charge is 2.31. The summed E-state index contributed by atoms with van der Waals surface area (Å²) in [6.07, 6.45) is 3.36. The van der Waals surface area contributed by atoms with Gasteiger partial charge in [0.05, 0.1) is 10.0 Å².